The van der Waals surface area contributed by atoms with Crippen molar-refractivity contribution in [2.24, 2.45) is 17.8 Å². The highest BCUT2D eigenvalue weighted by Crippen LogP contribution is 2.43. The topological polar surface area (TPSA) is 32.3 Å². The smallest absolute Gasteiger partial charge is 0.249 e. The molecule has 2 atom stereocenters. The van der Waals surface area contributed by atoms with Gasteiger partial charge in [0.2, 0.25) is 11.8 Å². The van der Waals surface area contributed by atoms with E-state index in [0.29, 0.717) is 11.8 Å². The average Bonchev–Trinajstić information content (AvgIpc) is 2.24. The largest absolute Gasteiger partial charge is 0.342 e. The van der Waals surface area contributed by atoms with Crippen LogP contribution in [0.1, 0.15) is 19.3 Å². The van der Waals surface area contributed by atoms with Crippen LogP contribution in [0.4, 0.5) is 8.78 Å². The number of carbonyl (C=O) groups is 1. The number of fused-ring (bicyclic) bond motifs is 2. The van der Waals surface area contributed by atoms with Gasteiger partial charge >= 0.3 is 0 Å². The number of carbonyl (C=O) groups excluding carboxylic acids is 1. The van der Waals surface area contributed by atoms with Crippen molar-refractivity contribution in [1.29, 1.82) is 0 Å². The first-order chi connectivity index (χ1) is 8.03. The van der Waals surface area contributed by atoms with Gasteiger partial charge in [0.05, 0.1) is 0 Å². The molecule has 5 heteroatoms. The quantitative estimate of drug-likeness (QED) is 0.749. The molecule has 0 aromatic heterocycles. The van der Waals surface area contributed by atoms with Crippen molar-refractivity contribution < 1.29 is 13.6 Å². The average molecular weight is 244 g/mol. The minimum Gasteiger partial charge on any atom is -0.342 e. The molecule has 3 rings (SSSR count). The number of nitrogens with zero attached hydrogens (tertiary/aromatic N) is 1. The predicted octanol–water partition coefficient (Wildman–Crippen LogP) is 1.10. The molecule has 96 valence electrons. The summed E-state index contributed by atoms with van der Waals surface area (Å²) >= 11 is 0. The molecule has 1 saturated carbocycles. The van der Waals surface area contributed by atoms with Gasteiger partial charge in [-0.2, -0.15) is 0 Å². The molecule has 2 bridgehead atoms. The van der Waals surface area contributed by atoms with Gasteiger partial charge in [0.15, 0.2) is 0 Å². The highest BCUT2D eigenvalue weighted by molar-refractivity contribution is 5.80. The van der Waals surface area contributed by atoms with Crippen molar-refractivity contribution in [3.8, 4) is 0 Å². The maximum atomic E-state index is 12.8. The van der Waals surface area contributed by atoms with Crippen LogP contribution in [0.25, 0.3) is 0 Å². The van der Waals surface area contributed by atoms with Gasteiger partial charge in [-0.05, 0) is 31.3 Å². The zero-order valence-electron chi connectivity index (χ0n) is 9.79. The molecule has 2 heterocycles. The zero-order chi connectivity index (χ0) is 12.0. The third-order valence-electron chi connectivity index (χ3n) is 4.24. The van der Waals surface area contributed by atoms with E-state index in [2.05, 4.69) is 5.32 Å². The SMILES string of the molecule is O=C(C1CC(F)(F)C1)N1CC2CNCC(C2)C1. The maximum Gasteiger partial charge on any atom is 0.249 e. The monoisotopic (exact) mass is 244 g/mol. The Balaban J connectivity index is 1.59. The van der Waals surface area contributed by atoms with Crippen LogP contribution in [0.15, 0.2) is 0 Å². The van der Waals surface area contributed by atoms with Crippen LogP contribution in [0.5, 0.6) is 0 Å². The summed E-state index contributed by atoms with van der Waals surface area (Å²) in [6.07, 6.45) is 0.698. The standard InChI is InChI=1S/C12H18F2N2O/c13-12(14)2-10(3-12)11(17)16-6-8-1-9(7-16)5-15-4-8/h8-10,15H,1-7H2. The Morgan fingerprint density at radius 1 is 1.18 bits per heavy atom. The molecule has 0 aromatic rings. The molecule has 3 aliphatic rings. The van der Waals surface area contributed by atoms with Gasteiger partial charge in [-0.15, -0.1) is 0 Å². The summed E-state index contributed by atoms with van der Waals surface area (Å²) in [5.74, 6) is -2.00. The molecule has 0 radical (unpaired) electrons. The summed E-state index contributed by atoms with van der Waals surface area (Å²) < 4.78 is 25.5. The second kappa shape index (κ2) is 3.90. The van der Waals surface area contributed by atoms with Gasteiger partial charge in [0, 0.05) is 31.8 Å². The van der Waals surface area contributed by atoms with Gasteiger partial charge in [-0.1, -0.05) is 0 Å². The zero-order valence-corrected chi connectivity index (χ0v) is 9.79. The van der Waals surface area contributed by atoms with Crippen molar-refractivity contribution in [3.63, 3.8) is 0 Å². The molecular weight excluding hydrogens is 226 g/mol. The molecule has 1 aliphatic carbocycles. The van der Waals surface area contributed by atoms with Crippen molar-refractivity contribution in [2.75, 3.05) is 26.2 Å². The third kappa shape index (κ3) is 2.17. The van der Waals surface area contributed by atoms with Crippen LogP contribution in [0.3, 0.4) is 0 Å². The van der Waals surface area contributed by atoms with Gasteiger partial charge in [0.25, 0.3) is 0 Å². The Kier molecular flexibility index (Phi) is 2.61. The number of alkyl halides is 2. The van der Waals surface area contributed by atoms with Crippen LogP contribution in [0.2, 0.25) is 0 Å². The highest BCUT2D eigenvalue weighted by atomic mass is 19.3. The fourth-order valence-electron chi connectivity index (χ4n) is 3.38. The normalized spacial score (nSPS) is 36.5. The lowest BCUT2D eigenvalue weighted by atomic mass is 9.79. The fourth-order valence-corrected chi connectivity index (χ4v) is 3.38. The van der Waals surface area contributed by atoms with E-state index < -0.39 is 11.8 Å². The molecule has 0 spiro atoms. The van der Waals surface area contributed by atoms with Crippen molar-refractivity contribution in [2.45, 2.75) is 25.2 Å². The Labute approximate surface area is 99.5 Å². The van der Waals surface area contributed by atoms with E-state index in [1.54, 1.807) is 0 Å². The first-order valence-electron chi connectivity index (χ1n) is 6.41. The number of hydrogen-bond donors (Lipinski definition) is 1. The lowest BCUT2D eigenvalue weighted by Gasteiger charge is -2.44. The lowest BCUT2D eigenvalue weighted by Crippen LogP contribution is -2.56. The molecule has 2 unspecified atom stereocenters. The Hall–Kier alpha value is -0.710. The molecule has 1 N–H and O–H groups in total. The second-order valence-electron chi connectivity index (χ2n) is 5.83. The first-order valence-corrected chi connectivity index (χ1v) is 6.41. The van der Waals surface area contributed by atoms with E-state index in [4.69, 9.17) is 0 Å². The van der Waals surface area contributed by atoms with E-state index in [0.717, 1.165) is 26.2 Å². The molecule has 1 amide bonds. The van der Waals surface area contributed by atoms with Gasteiger partial charge in [-0.3, -0.25) is 4.79 Å². The van der Waals surface area contributed by atoms with Crippen molar-refractivity contribution in [3.05, 3.63) is 0 Å². The fraction of sp³-hybridized carbons (Fsp3) is 0.917. The number of rotatable bonds is 1. The summed E-state index contributed by atoms with van der Waals surface area (Å²) in [6, 6.07) is 0. The van der Waals surface area contributed by atoms with E-state index >= 15 is 0 Å². The third-order valence-corrected chi connectivity index (χ3v) is 4.24. The number of hydrogen-bond acceptors (Lipinski definition) is 2. The van der Waals surface area contributed by atoms with Crippen molar-refractivity contribution in [1.82, 2.24) is 10.2 Å². The first kappa shape index (κ1) is 11.4. The van der Waals surface area contributed by atoms with E-state index in [1.165, 1.54) is 6.42 Å². The summed E-state index contributed by atoms with van der Waals surface area (Å²) in [7, 11) is 0. The van der Waals surface area contributed by atoms with Gasteiger partial charge < -0.3 is 10.2 Å². The number of likely N-dealkylation sites (tertiary alicyclic amines) is 1. The Bertz CT molecular complexity index is 314. The second-order valence-corrected chi connectivity index (χ2v) is 5.83. The lowest BCUT2D eigenvalue weighted by molar-refractivity contribution is -0.162. The van der Waals surface area contributed by atoms with E-state index in [9.17, 15) is 13.6 Å². The summed E-state index contributed by atoms with van der Waals surface area (Å²) in [6.45, 7) is 3.43. The van der Waals surface area contributed by atoms with Crippen LogP contribution < -0.4 is 5.32 Å². The molecule has 2 saturated heterocycles. The molecule has 2 aliphatic heterocycles. The van der Waals surface area contributed by atoms with Crippen LogP contribution >= 0.6 is 0 Å². The number of halogens is 2. The van der Waals surface area contributed by atoms with Gasteiger partial charge in [0.1, 0.15) is 0 Å². The van der Waals surface area contributed by atoms with E-state index in [-0.39, 0.29) is 18.7 Å². The van der Waals surface area contributed by atoms with E-state index in [1.807, 2.05) is 4.90 Å². The predicted molar refractivity (Wildman–Crippen MR) is 58.7 cm³/mol. The minimum absolute atomic E-state index is 0.0347. The summed E-state index contributed by atoms with van der Waals surface area (Å²) in [5.41, 5.74) is 0. The molecule has 3 fully saturated rings. The van der Waals surface area contributed by atoms with Crippen LogP contribution in [-0.4, -0.2) is 42.9 Å². The van der Waals surface area contributed by atoms with Gasteiger partial charge in [-0.25, -0.2) is 8.78 Å². The number of amides is 1. The summed E-state index contributed by atoms with van der Waals surface area (Å²) in [5, 5.41) is 3.36. The van der Waals surface area contributed by atoms with Crippen molar-refractivity contribution >= 4 is 5.91 Å². The molecule has 3 nitrogen and oxygen atoms in total. The number of piperidine rings is 2. The van der Waals surface area contributed by atoms with Crippen LogP contribution in [0, 0.1) is 17.8 Å². The molecular formula is C12H18F2N2O. The minimum atomic E-state index is -2.59. The Morgan fingerprint density at radius 3 is 2.29 bits per heavy atom. The number of nitrogens with one attached hydrogen (secondary N) is 1. The maximum absolute atomic E-state index is 12.8. The highest BCUT2D eigenvalue weighted by Gasteiger charge is 2.50. The summed E-state index contributed by atoms with van der Waals surface area (Å²) in [4.78, 5) is 13.9. The Morgan fingerprint density at radius 2 is 1.76 bits per heavy atom. The molecule has 0 aromatic carbocycles. The van der Waals surface area contributed by atoms with Crippen LogP contribution in [-0.2, 0) is 4.79 Å². The molecule has 17 heavy (non-hydrogen) atoms.